The fraction of sp³-hybridized carbons (Fsp3) is 0.161. The Morgan fingerprint density at radius 2 is 1.66 bits per heavy atom. The van der Waals surface area contributed by atoms with Crippen LogP contribution in [0.15, 0.2) is 102 Å². The topological polar surface area (TPSA) is 90.3 Å². The smallest absolute Gasteiger partial charge is 0.271 e. The number of hydrogen-bond acceptors (Lipinski definition) is 5. The highest BCUT2D eigenvalue weighted by Gasteiger charge is 2.20. The number of aryl methyl sites for hydroxylation is 2. The van der Waals surface area contributed by atoms with E-state index in [-0.39, 0.29) is 0 Å². The number of sulfonamides is 1. The third-order valence-electron chi connectivity index (χ3n) is 6.56. The Labute approximate surface area is 236 Å². The number of benzene rings is 4. The van der Waals surface area contributed by atoms with Crippen LogP contribution in [0, 0.1) is 11.6 Å². The summed E-state index contributed by atoms with van der Waals surface area (Å²) < 4.78 is 61.0. The Morgan fingerprint density at radius 1 is 0.854 bits per heavy atom. The van der Waals surface area contributed by atoms with E-state index in [9.17, 15) is 22.0 Å². The summed E-state index contributed by atoms with van der Waals surface area (Å²) >= 11 is 0. The van der Waals surface area contributed by atoms with Crippen molar-refractivity contribution in [3.8, 4) is 5.75 Å². The maximum atomic E-state index is 13.5. The van der Waals surface area contributed by atoms with Crippen LogP contribution >= 0.6 is 0 Å². The molecule has 0 atom stereocenters. The number of carbonyl (C=O) groups is 1. The molecule has 0 radical (unpaired) electrons. The number of halogens is 2. The van der Waals surface area contributed by atoms with Crippen LogP contribution in [-0.2, 0) is 34.2 Å². The largest absolute Gasteiger partial charge is 0.483 e. The van der Waals surface area contributed by atoms with E-state index >= 15 is 0 Å². The molecule has 0 fully saturated rings. The van der Waals surface area contributed by atoms with Crippen LogP contribution in [0.5, 0.6) is 5.75 Å². The minimum absolute atomic E-state index is 0.452. The minimum Gasteiger partial charge on any atom is -0.483 e. The van der Waals surface area contributed by atoms with Gasteiger partial charge in [-0.1, -0.05) is 54.6 Å². The zero-order valence-corrected chi connectivity index (χ0v) is 22.8. The SMILES string of the molecule is O=C(COc1ccc(Cn2cccn2)cc1CCCc1ccc2ccccc2c1)NS(=O)(=O)c1ccc(F)c(F)c1. The van der Waals surface area contributed by atoms with E-state index in [1.165, 1.54) is 16.3 Å². The van der Waals surface area contributed by atoms with Gasteiger partial charge in [0.1, 0.15) is 5.75 Å². The first-order valence-electron chi connectivity index (χ1n) is 13.0. The molecule has 0 saturated heterocycles. The number of nitrogens with one attached hydrogen (secondary N) is 1. The van der Waals surface area contributed by atoms with Gasteiger partial charge >= 0.3 is 0 Å². The summed E-state index contributed by atoms with van der Waals surface area (Å²) in [6.45, 7) is -0.0308. The number of ether oxygens (including phenoxy) is 1. The number of aromatic nitrogens is 2. The molecule has 1 amide bonds. The normalized spacial score (nSPS) is 11.5. The van der Waals surface area contributed by atoms with Gasteiger partial charge in [-0.05, 0) is 77.1 Å². The molecule has 10 heteroatoms. The Kier molecular flexibility index (Phi) is 8.39. The highest BCUT2D eigenvalue weighted by molar-refractivity contribution is 7.90. The second-order valence-corrected chi connectivity index (χ2v) is 11.3. The van der Waals surface area contributed by atoms with E-state index in [4.69, 9.17) is 4.74 Å². The Bertz CT molecular complexity index is 1790. The lowest BCUT2D eigenvalue weighted by Gasteiger charge is -2.14. The third kappa shape index (κ3) is 7.15. The molecular weight excluding hydrogens is 548 g/mol. The van der Waals surface area contributed by atoms with Crippen molar-refractivity contribution in [2.75, 3.05) is 6.61 Å². The van der Waals surface area contributed by atoms with Crippen LogP contribution in [0.3, 0.4) is 0 Å². The number of amides is 1. The predicted octanol–water partition coefficient (Wildman–Crippen LogP) is 5.42. The zero-order chi connectivity index (χ0) is 28.8. The van der Waals surface area contributed by atoms with E-state index in [1.54, 1.807) is 16.9 Å². The van der Waals surface area contributed by atoms with Crippen LogP contribution in [0.4, 0.5) is 8.78 Å². The first-order valence-corrected chi connectivity index (χ1v) is 14.5. The van der Waals surface area contributed by atoms with Gasteiger partial charge in [-0.2, -0.15) is 5.10 Å². The minimum atomic E-state index is -4.41. The molecule has 7 nitrogen and oxygen atoms in total. The Morgan fingerprint density at radius 3 is 2.44 bits per heavy atom. The maximum Gasteiger partial charge on any atom is 0.271 e. The van der Waals surface area contributed by atoms with Crippen molar-refractivity contribution in [3.05, 3.63) is 126 Å². The van der Waals surface area contributed by atoms with Crippen molar-refractivity contribution < 1.29 is 26.7 Å². The molecular formula is C31H27F2N3O4S. The first kappa shape index (κ1) is 28.0. The molecule has 5 rings (SSSR count). The van der Waals surface area contributed by atoms with Crippen molar-refractivity contribution in [2.45, 2.75) is 30.7 Å². The second-order valence-electron chi connectivity index (χ2n) is 9.57. The summed E-state index contributed by atoms with van der Waals surface area (Å²) in [7, 11) is -4.41. The van der Waals surface area contributed by atoms with Gasteiger partial charge in [-0.15, -0.1) is 0 Å². The summed E-state index contributed by atoms with van der Waals surface area (Å²) in [5.41, 5.74) is 3.07. The van der Waals surface area contributed by atoms with Crippen LogP contribution in [0.25, 0.3) is 10.8 Å². The highest BCUT2D eigenvalue weighted by atomic mass is 32.2. The van der Waals surface area contributed by atoms with Crippen LogP contribution < -0.4 is 9.46 Å². The number of carbonyl (C=O) groups excluding carboxylic acids is 1. The van der Waals surface area contributed by atoms with Gasteiger partial charge in [-0.25, -0.2) is 21.9 Å². The maximum absolute atomic E-state index is 13.5. The van der Waals surface area contributed by atoms with Gasteiger partial charge in [0.25, 0.3) is 15.9 Å². The van der Waals surface area contributed by atoms with Crippen molar-refractivity contribution in [1.82, 2.24) is 14.5 Å². The lowest BCUT2D eigenvalue weighted by Crippen LogP contribution is -2.34. The molecule has 0 aliphatic heterocycles. The third-order valence-corrected chi connectivity index (χ3v) is 7.93. The average Bonchev–Trinajstić information content (AvgIpc) is 3.47. The molecule has 0 unspecified atom stereocenters. The van der Waals surface area contributed by atoms with E-state index in [0.29, 0.717) is 30.8 Å². The first-order chi connectivity index (χ1) is 19.8. The van der Waals surface area contributed by atoms with E-state index in [2.05, 4.69) is 35.4 Å². The van der Waals surface area contributed by atoms with Gasteiger partial charge in [0.2, 0.25) is 0 Å². The summed E-state index contributed by atoms with van der Waals surface area (Å²) in [5, 5.41) is 6.61. The van der Waals surface area contributed by atoms with Gasteiger partial charge in [-0.3, -0.25) is 9.48 Å². The molecule has 0 aliphatic carbocycles. The molecule has 0 aliphatic rings. The molecule has 4 aromatic carbocycles. The van der Waals surface area contributed by atoms with Crippen LogP contribution in [0.1, 0.15) is 23.1 Å². The highest BCUT2D eigenvalue weighted by Crippen LogP contribution is 2.24. The zero-order valence-electron chi connectivity index (χ0n) is 22.0. The van der Waals surface area contributed by atoms with Crippen LogP contribution in [0.2, 0.25) is 0 Å². The number of rotatable bonds is 11. The van der Waals surface area contributed by atoms with E-state index in [1.807, 2.05) is 41.3 Å². The van der Waals surface area contributed by atoms with E-state index in [0.717, 1.165) is 30.0 Å². The standard InChI is InChI=1S/C31H27F2N3O4S/c32-28-13-12-27(19-29(28)33)41(38,39)35-31(37)21-40-30-14-10-23(20-36-16-4-15-34-36)18-26(30)8-3-5-22-9-11-24-6-1-2-7-25(24)17-22/h1-2,4,6-7,9-19H,3,5,8,20-21H2,(H,35,37). The Hall–Kier alpha value is -4.57. The molecule has 41 heavy (non-hydrogen) atoms. The summed E-state index contributed by atoms with van der Waals surface area (Å²) in [5.74, 6) is -3.02. The molecule has 1 aromatic heterocycles. The molecule has 0 spiro atoms. The number of fused-ring (bicyclic) bond motifs is 1. The number of hydrogen-bond donors (Lipinski definition) is 1. The summed E-state index contributed by atoms with van der Waals surface area (Å²) in [6.07, 6.45) is 5.87. The van der Waals surface area contributed by atoms with E-state index < -0.39 is 39.1 Å². The summed E-state index contributed by atoms with van der Waals surface area (Å²) in [6, 6.07) is 24.1. The fourth-order valence-electron chi connectivity index (χ4n) is 4.55. The monoisotopic (exact) mass is 575 g/mol. The van der Waals surface area contributed by atoms with Crippen LogP contribution in [-0.4, -0.2) is 30.7 Å². The number of nitrogens with zero attached hydrogens (tertiary/aromatic N) is 2. The van der Waals surface area contributed by atoms with Crippen molar-refractivity contribution in [1.29, 1.82) is 0 Å². The molecule has 1 N–H and O–H groups in total. The van der Waals surface area contributed by atoms with Crippen molar-refractivity contribution in [3.63, 3.8) is 0 Å². The molecule has 0 bridgehead atoms. The molecule has 210 valence electrons. The molecule has 0 saturated carbocycles. The summed E-state index contributed by atoms with van der Waals surface area (Å²) in [4.78, 5) is 11.9. The molecule has 1 heterocycles. The van der Waals surface area contributed by atoms with Gasteiger partial charge in [0.15, 0.2) is 18.2 Å². The molecule has 5 aromatic rings. The fourth-order valence-corrected chi connectivity index (χ4v) is 5.53. The van der Waals surface area contributed by atoms with Gasteiger partial charge < -0.3 is 4.74 Å². The predicted molar refractivity (Wildman–Crippen MR) is 151 cm³/mol. The Balaban J connectivity index is 1.27. The van der Waals surface area contributed by atoms with Gasteiger partial charge in [0, 0.05) is 12.4 Å². The quantitative estimate of drug-likeness (QED) is 0.227. The second kappa shape index (κ2) is 12.3. The van der Waals surface area contributed by atoms with Crippen molar-refractivity contribution >= 4 is 26.7 Å². The lowest BCUT2D eigenvalue weighted by molar-refractivity contribution is -0.121. The van der Waals surface area contributed by atoms with Gasteiger partial charge in [0.05, 0.1) is 11.4 Å². The van der Waals surface area contributed by atoms with Crippen molar-refractivity contribution in [2.24, 2.45) is 0 Å². The average molecular weight is 576 g/mol. The lowest BCUT2D eigenvalue weighted by atomic mass is 9.99.